The van der Waals surface area contributed by atoms with Crippen LogP contribution in [0.1, 0.15) is 12.5 Å². The van der Waals surface area contributed by atoms with Crippen LogP contribution in [0.25, 0.3) is 0 Å². The molecule has 2 N–H and O–H groups in total. The molecule has 1 aliphatic rings. The Kier molecular flexibility index (Phi) is 3.61. The summed E-state index contributed by atoms with van der Waals surface area (Å²) in [5.41, 5.74) is 7.70. The fourth-order valence-corrected chi connectivity index (χ4v) is 3.03. The van der Waals surface area contributed by atoms with Gasteiger partial charge in [-0.1, -0.05) is 12.1 Å². The highest BCUT2D eigenvalue weighted by molar-refractivity contribution is 14.1. The number of halogens is 2. The summed E-state index contributed by atoms with van der Waals surface area (Å²) >= 11 is 2.28. The van der Waals surface area contributed by atoms with Gasteiger partial charge in [0.2, 0.25) is 0 Å². The number of nitrogens with two attached hydrogens (primary N) is 1. The van der Waals surface area contributed by atoms with E-state index in [1.54, 1.807) is 12.1 Å². The summed E-state index contributed by atoms with van der Waals surface area (Å²) in [6.45, 7) is 2.68. The maximum Gasteiger partial charge on any atom is 0.196 e. The molecule has 1 aliphatic heterocycles. The Morgan fingerprint density at radius 2 is 1.76 bits per heavy atom. The van der Waals surface area contributed by atoms with Gasteiger partial charge in [0.15, 0.2) is 5.96 Å². The van der Waals surface area contributed by atoms with E-state index in [1.165, 1.54) is 15.7 Å². The maximum absolute atomic E-state index is 13.1. The van der Waals surface area contributed by atoms with E-state index in [9.17, 15) is 4.39 Å². The number of hydrogen-bond donors (Lipinski definition) is 1. The largest absolute Gasteiger partial charge is 0.369 e. The van der Waals surface area contributed by atoms with Crippen LogP contribution in [0.4, 0.5) is 10.1 Å². The highest BCUT2D eigenvalue weighted by atomic mass is 127. The molecule has 108 valence electrons. The summed E-state index contributed by atoms with van der Waals surface area (Å²) < 4.78 is 14.3. The molecule has 0 aromatic heterocycles. The molecule has 0 spiro atoms. The third-order valence-corrected chi connectivity index (χ3v) is 4.54. The molecule has 3 nitrogen and oxygen atoms in total. The van der Waals surface area contributed by atoms with Crippen molar-refractivity contribution in [2.75, 3.05) is 11.4 Å². The summed E-state index contributed by atoms with van der Waals surface area (Å²) in [6.07, 6.45) is 0. The van der Waals surface area contributed by atoms with Gasteiger partial charge in [-0.05, 0) is 71.5 Å². The lowest BCUT2D eigenvalue weighted by atomic mass is 9.90. The van der Waals surface area contributed by atoms with E-state index in [0.29, 0.717) is 12.5 Å². The van der Waals surface area contributed by atoms with Crippen molar-refractivity contribution in [2.24, 2.45) is 10.7 Å². The van der Waals surface area contributed by atoms with Crippen LogP contribution in [0.15, 0.2) is 53.5 Å². The molecule has 1 unspecified atom stereocenters. The van der Waals surface area contributed by atoms with E-state index in [4.69, 9.17) is 5.73 Å². The molecule has 0 radical (unpaired) electrons. The van der Waals surface area contributed by atoms with Crippen molar-refractivity contribution in [3.05, 3.63) is 63.5 Å². The minimum Gasteiger partial charge on any atom is -0.369 e. The van der Waals surface area contributed by atoms with Crippen LogP contribution < -0.4 is 10.6 Å². The SMILES string of the molecule is CC1(c2ccc(I)cc2)CN=C(N)N1c1ccc(F)cc1. The zero-order chi connectivity index (χ0) is 15.0. The van der Waals surface area contributed by atoms with Crippen LogP contribution in [-0.4, -0.2) is 12.5 Å². The third kappa shape index (κ3) is 2.50. The maximum atomic E-state index is 13.1. The fourth-order valence-electron chi connectivity index (χ4n) is 2.67. The second kappa shape index (κ2) is 5.29. The lowest BCUT2D eigenvalue weighted by Crippen LogP contribution is -2.47. The Morgan fingerprint density at radius 3 is 2.38 bits per heavy atom. The highest BCUT2D eigenvalue weighted by Crippen LogP contribution is 2.36. The standard InChI is InChI=1S/C16H15FIN3/c1-16(11-2-6-13(18)7-3-11)10-20-15(19)21(16)14-8-4-12(17)5-9-14/h2-9H,10H2,1H3,(H2,19,20). The van der Waals surface area contributed by atoms with E-state index < -0.39 is 0 Å². The zero-order valence-corrected chi connectivity index (χ0v) is 13.7. The number of benzene rings is 2. The summed E-state index contributed by atoms with van der Waals surface area (Å²) in [5, 5.41) is 0. The van der Waals surface area contributed by atoms with Crippen molar-refractivity contribution in [1.29, 1.82) is 0 Å². The molecule has 0 bridgehead atoms. The number of nitrogens with zero attached hydrogens (tertiary/aromatic N) is 2. The molecule has 0 aliphatic carbocycles. The van der Waals surface area contributed by atoms with Crippen molar-refractivity contribution in [1.82, 2.24) is 0 Å². The number of guanidine groups is 1. The van der Waals surface area contributed by atoms with Crippen LogP contribution in [-0.2, 0) is 5.54 Å². The van der Waals surface area contributed by atoms with Crippen LogP contribution in [0.2, 0.25) is 0 Å². The number of hydrogen-bond acceptors (Lipinski definition) is 3. The van der Waals surface area contributed by atoms with Crippen molar-refractivity contribution in [2.45, 2.75) is 12.5 Å². The molecule has 2 aromatic rings. The van der Waals surface area contributed by atoms with E-state index in [1.807, 2.05) is 4.90 Å². The average Bonchev–Trinajstić information content (AvgIpc) is 2.78. The average molecular weight is 395 g/mol. The van der Waals surface area contributed by atoms with Gasteiger partial charge in [0.05, 0.1) is 12.1 Å². The van der Waals surface area contributed by atoms with Gasteiger partial charge in [0, 0.05) is 9.26 Å². The van der Waals surface area contributed by atoms with Crippen LogP contribution in [0.3, 0.4) is 0 Å². The molecule has 0 saturated heterocycles. The third-order valence-electron chi connectivity index (χ3n) is 3.82. The van der Waals surface area contributed by atoms with E-state index in [-0.39, 0.29) is 11.4 Å². The molecular weight excluding hydrogens is 380 g/mol. The monoisotopic (exact) mass is 395 g/mol. The van der Waals surface area contributed by atoms with Crippen molar-refractivity contribution in [3.63, 3.8) is 0 Å². The summed E-state index contributed by atoms with van der Waals surface area (Å²) in [4.78, 5) is 6.36. The molecule has 1 atom stereocenters. The molecule has 5 heteroatoms. The van der Waals surface area contributed by atoms with Gasteiger partial charge in [-0.25, -0.2) is 4.39 Å². The van der Waals surface area contributed by atoms with Crippen LogP contribution in [0.5, 0.6) is 0 Å². The van der Waals surface area contributed by atoms with Gasteiger partial charge in [0.1, 0.15) is 5.82 Å². The first-order valence-corrected chi connectivity index (χ1v) is 7.70. The Bertz CT molecular complexity index is 682. The van der Waals surface area contributed by atoms with Crippen LogP contribution in [0, 0.1) is 9.39 Å². The van der Waals surface area contributed by atoms with Gasteiger partial charge in [0.25, 0.3) is 0 Å². The number of anilines is 1. The minimum atomic E-state index is -0.355. The first kappa shape index (κ1) is 14.3. The second-order valence-electron chi connectivity index (χ2n) is 5.27. The van der Waals surface area contributed by atoms with Gasteiger partial charge >= 0.3 is 0 Å². The van der Waals surface area contributed by atoms with Gasteiger partial charge in [-0.15, -0.1) is 0 Å². The Hall–Kier alpha value is -1.63. The molecule has 0 saturated carbocycles. The van der Waals surface area contributed by atoms with Crippen LogP contribution >= 0.6 is 22.6 Å². The molecule has 3 rings (SSSR count). The Labute approximate surface area is 136 Å². The van der Waals surface area contributed by atoms with Crippen molar-refractivity contribution >= 4 is 34.2 Å². The molecule has 1 heterocycles. The smallest absolute Gasteiger partial charge is 0.196 e. The first-order valence-electron chi connectivity index (χ1n) is 6.62. The highest BCUT2D eigenvalue weighted by Gasteiger charge is 2.40. The van der Waals surface area contributed by atoms with Gasteiger partial charge in [-0.2, -0.15) is 0 Å². The van der Waals surface area contributed by atoms with E-state index in [2.05, 4.69) is 58.8 Å². The summed E-state index contributed by atoms with van der Waals surface area (Å²) in [6, 6.07) is 14.7. The fraction of sp³-hybridized carbons (Fsp3) is 0.188. The minimum absolute atomic E-state index is 0.260. The Morgan fingerprint density at radius 1 is 1.14 bits per heavy atom. The molecular formula is C16H15FIN3. The van der Waals surface area contributed by atoms with Gasteiger partial charge in [-0.3, -0.25) is 4.99 Å². The number of rotatable bonds is 2. The summed E-state index contributed by atoms with van der Waals surface area (Å²) in [5.74, 6) is 0.201. The predicted octanol–water partition coefficient (Wildman–Crippen LogP) is 3.48. The lowest BCUT2D eigenvalue weighted by molar-refractivity contribution is 0.532. The van der Waals surface area contributed by atoms with Crippen molar-refractivity contribution < 1.29 is 4.39 Å². The molecule has 0 amide bonds. The molecule has 0 fully saturated rings. The topological polar surface area (TPSA) is 41.6 Å². The van der Waals surface area contributed by atoms with E-state index >= 15 is 0 Å². The molecule has 21 heavy (non-hydrogen) atoms. The predicted molar refractivity (Wildman–Crippen MR) is 91.9 cm³/mol. The van der Waals surface area contributed by atoms with E-state index in [0.717, 1.165) is 11.3 Å². The first-order chi connectivity index (χ1) is 10.0. The quantitative estimate of drug-likeness (QED) is 0.792. The normalized spacial score (nSPS) is 21.5. The number of aliphatic imine (C=N–C) groups is 1. The zero-order valence-electron chi connectivity index (χ0n) is 11.6. The van der Waals surface area contributed by atoms with Gasteiger partial charge < -0.3 is 10.6 Å². The summed E-state index contributed by atoms with van der Waals surface area (Å²) in [7, 11) is 0. The van der Waals surface area contributed by atoms with Crippen molar-refractivity contribution in [3.8, 4) is 0 Å². The Balaban J connectivity index is 2.05. The lowest BCUT2D eigenvalue weighted by Gasteiger charge is -2.36. The second-order valence-corrected chi connectivity index (χ2v) is 6.51. The molecule has 2 aromatic carbocycles.